The van der Waals surface area contributed by atoms with Crippen molar-refractivity contribution < 1.29 is 5.11 Å². The zero-order valence-corrected chi connectivity index (χ0v) is 9.68. The van der Waals surface area contributed by atoms with Crippen molar-refractivity contribution in [1.29, 1.82) is 0 Å². The predicted octanol–water partition coefficient (Wildman–Crippen LogP) is 2.32. The number of hydrogen-bond donors (Lipinski definition) is 2. The van der Waals surface area contributed by atoms with E-state index in [9.17, 15) is 0 Å². The molecule has 2 heteroatoms. The molecule has 0 aliphatic heterocycles. The van der Waals surface area contributed by atoms with Crippen LogP contribution in [0.4, 0.5) is 0 Å². The van der Waals surface area contributed by atoms with Crippen molar-refractivity contribution in [3.63, 3.8) is 0 Å². The van der Waals surface area contributed by atoms with Crippen molar-refractivity contribution in [3.05, 3.63) is 0 Å². The van der Waals surface area contributed by atoms with Gasteiger partial charge in [0, 0.05) is 5.54 Å². The second-order valence-corrected chi connectivity index (χ2v) is 5.28. The molecule has 1 saturated carbocycles. The van der Waals surface area contributed by atoms with Crippen molar-refractivity contribution in [1.82, 2.24) is 5.32 Å². The van der Waals surface area contributed by atoms with Gasteiger partial charge in [0.15, 0.2) is 0 Å². The zero-order chi connectivity index (χ0) is 10.4. The molecule has 2 N–H and O–H groups in total. The highest BCUT2D eigenvalue weighted by molar-refractivity contribution is 4.78. The lowest BCUT2D eigenvalue weighted by Crippen LogP contribution is -2.44. The molecule has 0 amide bonds. The maximum absolute atomic E-state index is 9.12. The van der Waals surface area contributed by atoms with Gasteiger partial charge in [-0.3, -0.25) is 0 Å². The molecule has 0 unspecified atom stereocenters. The van der Waals surface area contributed by atoms with Gasteiger partial charge in [0.25, 0.3) is 0 Å². The van der Waals surface area contributed by atoms with E-state index < -0.39 is 0 Å². The highest BCUT2D eigenvalue weighted by Gasteiger charge is 2.18. The first-order chi connectivity index (χ1) is 6.64. The molecule has 0 radical (unpaired) electrons. The van der Waals surface area contributed by atoms with Gasteiger partial charge in [-0.2, -0.15) is 0 Å². The number of aliphatic hydroxyl groups excluding tert-OH is 1. The normalized spacial score (nSPS) is 20.8. The fourth-order valence-corrected chi connectivity index (χ4v) is 2.04. The van der Waals surface area contributed by atoms with Gasteiger partial charge in [-0.25, -0.2) is 0 Å². The standard InChI is InChI=1S/C12H25NO/c1-12(2,10-14)13-9-11-7-5-3-4-6-8-11/h11,13-14H,3-10H2,1-2H3. The summed E-state index contributed by atoms with van der Waals surface area (Å²) < 4.78 is 0. The molecule has 0 saturated heterocycles. The molecule has 0 aromatic heterocycles. The number of nitrogens with one attached hydrogen (secondary N) is 1. The van der Waals surface area contributed by atoms with Crippen LogP contribution in [0.2, 0.25) is 0 Å². The van der Waals surface area contributed by atoms with Crippen LogP contribution in [0.3, 0.4) is 0 Å². The van der Waals surface area contributed by atoms with Gasteiger partial charge in [0.1, 0.15) is 0 Å². The smallest absolute Gasteiger partial charge is 0.0607 e. The van der Waals surface area contributed by atoms with Crippen LogP contribution in [0.1, 0.15) is 52.4 Å². The predicted molar refractivity (Wildman–Crippen MR) is 60.4 cm³/mol. The zero-order valence-electron chi connectivity index (χ0n) is 9.68. The van der Waals surface area contributed by atoms with Crippen LogP contribution in [-0.2, 0) is 0 Å². The quantitative estimate of drug-likeness (QED) is 0.681. The molecular weight excluding hydrogens is 174 g/mol. The minimum Gasteiger partial charge on any atom is -0.394 e. The molecule has 0 aromatic rings. The van der Waals surface area contributed by atoms with Gasteiger partial charge < -0.3 is 10.4 Å². The third-order valence-electron chi connectivity index (χ3n) is 3.24. The monoisotopic (exact) mass is 199 g/mol. The summed E-state index contributed by atoms with van der Waals surface area (Å²) in [6.45, 7) is 5.42. The molecule has 1 rings (SSSR count). The van der Waals surface area contributed by atoms with Crippen molar-refractivity contribution in [2.24, 2.45) is 5.92 Å². The third-order valence-corrected chi connectivity index (χ3v) is 3.24. The Labute approximate surface area is 88.1 Å². The van der Waals surface area contributed by atoms with Crippen LogP contribution >= 0.6 is 0 Å². The van der Waals surface area contributed by atoms with Gasteiger partial charge in [0.2, 0.25) is 0 Å². The van der Waals surface area contributed by atoms with E-state index in [2.05, 4.69) is 19.2 Å². The van der Waals surface area contributed by atoms with Crippen molar-refractivity contribution in [3.8, 4) is 0 Å². The third kappa shape index (κ3) is 4.43. The average molecular weight is 199 g/mol. The summed E-state index contributed by atoms with van der Waals surface area (Å²) in [5.74, 6) is 0.836. The lowest BCUT2D eigenvalue weighted by Gasteiger charge is -2.26. The topological polar surface area (TPSA) is 32.3 Å². The van der Waals surface area contributed by atoms with Gasteiger partial charge in [-0.05, 0) is 39.2 Å². The summed E-state index contributed by atoms with van der Waals surface area (Å²) in [4.78, 5) is 0. The molecule has 1 fully saturated rings. The Morgan fingerprint density at radius 2 is 1.71 bits per heavy atom. The van der Waals surface area contributed by atoms with E-state index in [4.69, 9.17) is 5.11 Å². The number of rotatable bonds is 4. The average Bonchev–Trinajstić information content (AvgIpc) is 2.43. The second kappa shape index (κ2) is 5.72. The molecule has 0 atom stereocenters. The van der Waals surface area contributed by atoms with Gasteiger partial charge in [-0.15, -0.1) is 0 Å². The lowest BCUT2D eigenvalue weighted by atomic mass is 9.98. The van der Waals surface area contributed by atoms with E-state index in [1.54, 1.807) is 0 Å². The van der Waals surface area contributed by atoms with Crippen molar-refractivity contribution >= 4 is 0 Å². The summed E-state index contributed by atoms with van der Waals surface area (Å²) >= 11 is 0. The maximum Gasteiger partial charge on any atom is 0.0607 e. The first-order valence-electron chi connectivity index (χ1n) is 6.00. The highest BCUT2D eigenvalue weighted by Crippen LogP contribution is 2.22. The van der Waals surface area contributed by atoms with Crippen LogP contribution in [-0.4, -0.2) is 23.8 Å². The molecule has 0 bridgehead atoms. The first-order valence-corrected chi connectivity index (χ1v) is 6.00. The van der Waals surface area contributed by atoms with E-state index in [-0.39, 0.29) is 12.1 Å². The largest absolute Gasteiger partial charge is 0.394 e. The van der Waals surface area contributed by atoms with Gasteiger partial charge in [0.05, 0.1) is 6.61 Å². The van der Waals surface area contributed by atoms with Crippen molar-refractivity contribution in [2.75, 3.05) is 13.2 Å². The first kappa shape index (κ1) is 12.0. The van der Waals surface area contributed by atoms with E-state index in [0.29, 0.717) is 0 Å². The molecule has 0 spiro atoms. The van der Waals surface area contributed by atoms with Gasteiger partial charge in [-0.1, -0.05) is 25.7 Å². The number of aliphatic hydroxyl groups is 1. The minimum atomic E-state index is -0.105. The molecule has 14 heavy (non-hydrogen) atoms. The Hall–Kier alpha value is -0.0800. The Bertz CT molecular complexity index is 148. The maximum atomic E-state index is 9.12. The summed E-state index contributed by atoms with van der Waals surface area (Å²) in [6.07, 6.45) is 8.36. The molecule has 0 aromatic carbocycles. The molecule has 2 nitrogen and oxygen atoms in total. The highest BCUT2D eigenvalue weighted by atomic mass is 16.3. The Morgan fingerprint density at radius 3 is 2.21 bits per heavy atom. The summed E-state index contributed by atoms with van der Waals surface area (Å²) in [7, 11) is 0. The second-order valence-electron chi connectivity index (χ2n) is 5.28. The van der Waals surface area contributed by atoms with Crippen LogP contribution in [0, 0.1) is 5.92 Å². The minimum absolute atomic E-state index is 0.105. The van der Waals surface area contributed by atoms with E-state index in [1.165, 1.54) is 38.5 Å². The van der Waals surface area contributed by atoms with Crippen LogP contribution < -0.4 is 5.32 Å². The van der Waals surface area contributed by atoms with E-state index in [1.807, 2.05) is 0 Å². The fraction of sp³-hybridized carbons (Fsp3) is 1.00. The van der Waals surface area contributed by atoms with Crippen LogP contribution in [0.15, 0.2) is 0 Å². The lowest BCUT2D eigenvalue weighted by molar-refractivity contribution is 0.181. The van der Waals surface area contributed by atoms with E-state index in [0.717, 1.165) is 12.5 Å². The Balaban J connectivity index is 2.22. The van der Waals surface area contributed by atoms with Gasteiger partial charge >= 0.3 is 0 Å². The van der Waals surface area contributed by atoms with Crippen LogP contribution in [0.25, 0.3) is 0 Å². The Morgan fingerprint density at radius 1 is 1.14 bits per heavy atom. The SMILES string of the molecule is CC(C)(CO)NCC1CCCCCC1. The Kier molecular flexibility index (Phi) is 4.90. The van der Waals surface area contributed by atoms with E-state index >= 15 is 0 Å². The molecule has 0 heterocycles. The summed E-state index contributed by atoms with van der Waals surface area (Å²) in [6, 6.07) is 0. The molecule has 84 valence electrons. The number of hydrogen-bond acceptors (Lipinski definition) is 2. The van der Waals surface area contributed by atoms with Crippen LogP contribution in [0.5, 0.6) is 0 Å². The summed E-state index contributed by atoms with van der Waals surface area (Å²) in [5, 5.41) is 12.6. The molecule has 1 aliphatic carbocycles. The molecule has 1 aliphatic rings. The fourth-order valence-electron chi connectivity index (χ4n) is 2.04. The summed E-state index contributed by atoms with van der Waals surface area (Å²) in [5.41, 5.74) is -0.105. The van der Waals surface area contributed by atoms with Crippen molar-refractivity contribution in [2.45, 2.75) is 57.9 Å². The molecular formula is C12H25NO.